The molecule has 3 rings (SSSR count). The van der Waals surface area contributed by atoms with Crippen molar-refractivity contribution in [1.29, 1.82) is 0 Å². The maximum absolute atomic E-state index is 5.97. The molecule has 2 aromatic heterocycles. The molecule has 3 aromatic rings. The predicted molar refractivity (Wildman–Crippen MR) is 79.5 cm³/mol. The smallest absolute Gasteiger partial charge is 0.133 e. The lowest BCUT2D eigenvalue weighted by atomic mass is 10.1. The van der Waals surface area contributed by atoms with E-state index in [4.69, 9.17) is 10.3 Å². The maximum Gasteiger partial charge on any atom is 0.133 e. The Bertz CT molecular complexity index is 750. The molecule has 0 aliphatic carbocycles. The van der Waals surface area contributed by atoms with Gasteiger partial charge in [0.15, 0.2) is 0 Å². The van der Waals surface area contributed by atoms with Gasteiger partial charge in [0.25, 0.3) is 0 Å². The number of benzene rings is 1. The molecule has 0 atom stereocenters. The first-order valence-electron chi connectivity index (χ1n) is 6.41. The number of hydrogen-bond donors (Lipinski definition) is 1. The molecule has 0 bridgehead atoms. The molecule has 0 aliphatic rings. The molecule has 0 saturated carbocycles. The van der Waals surface area contributed by atoms with E-state index in [0.29, 0.717) is 12.2 Å². The molecule has 0 spiro atoms. The first kappa shape index (κ1) is 12.5. The molecule has 0 saturated heterocycles. The highest BCUT2D eigenvalue weighted by atomic mass is 16.5. The van der Waals surface area contributed by atoms with E-state index in [1.54, 1.807) is 6.20 Å². The van der Waals surface area contributed by atoms with Gasteiger partial charge in [0.1, 0.15) is 11.5 Å². The largest absolute Gasteiger partial charge is 0.397 e. The van der Waals surface area contributed by atoms with E-state index in [0.717, 1.165) is 28.0 Å². The van der Waals surface area contributed by atoms with E-state index in [1.807, 2.05) is 44.3 Å². The number of hydrogen-bond acceptors (Lipinski definition) is 5. The number of nitrogen functional groups attached to an aromatic ring is 1. The average molecular weight is 268 g/mol. The summed E-state index contributed by atoms with van der Waals surface area (Å²) in [6, 6.07) is 9.77. The summed E-state index contributed by atoms with van der Waals surface area (Å²) in [6.45, 7) is 2.56. The van der Waals surface area contributed by atoms with Gasteiger partial charge in [-0.2, -0.15) is 0 Å². The van der Waals surface area contributed by atoms with Crippen molar-refractivity contribution in [3.05, 3.63) is 48.0 Å². The van der Waals surface area contributed by atoms with Crippen LogP contribution in [-0.2, 0) is 6.54 Å². The van der Waals surface area contributed by atoms with Crippen LogP contribution in [0.2, 0.25) is 0 Å². The number of aromatic nitrogens is 2. The molecule has 5 nitrogen and oxygen atoms in total. The highest BCUT2D eigenvalue weighted by Gasteiger charge is 2.11. The maximum atomic E-state index is 5.97. The summed E-state index contributed by atoms with van der Waals surface area (Å²) in [4.78, 5) is 6.46. The van der Waals surface area contributed by atoms with Gasteiger partial charge < -0.3 is 15.2 Å². The molecule has 0 unspecified atom stereocenters. The second kappa shape index (κ2) is 4.85. The van der Waals surface area contributed by atoms with Crippen molar-refractivity contribution in [3.63, 3.8) is 0 Å². The fourth-order valence-electron chi connectivity index (χ4n) is 2.33. The minimum absolute atomic E-state index is 0.672. The van der Waals surface area contributed by atoms with Gasteiger partial charge in [0, 0.05) is 30.4 Å². The van der Waals surface area contributed by atoms with Crippen molar-refractivity contribution >= 4 is 22.3 Å². The van der Waals surface area contributed by atoms with Crippen LogP contribution in [0.3, 0.4) is 0 Å². The van der Waals surface area contributed by atoms with Crippen molar-refractivity contribution in [2.75, 3.05) is 17.7 Å². The summed E-state index contributed by atoms with van der Waals surface area (Å²) in [5.74, 6) is 0.817. The van der Waals surface area contributed by atoms with E-state index >= 15 is 0 Å². The number of pyridine rings is 1. The summed E-state index contributed by atoms with van der Waals surface area (Å²) in [5.41, 5.74) is 9.46. The van der Waals surface area contributed by atoms with Crippen molar-refractivity contribution in [3.8, 4) is 0 Å². The van der Waals surface area contributed by atoms with E-state index in [9.17, 15) is 0 Å². The van der Waals surface area contributed by atoms with Crippen LogP contribution in [0.15, 0.2) is 41.1 Å². The lowest BCUT2D eigenvalue weighted by molar-refractivity contribution is 0.390. The minimum atomic E-state index is 0.672. The zero-order valence-corrected chi connectivity index (χ0v) is 11.5. The van der Waals surface area contributed by atoms with Crippen molar-refractivity contribution in [2.45, 2.75) is 13.5 Å². The Labute approximate surface area is 117 Å². The lowest BCUT2D eigenvalue weighted by Crippen LogP contribution is -2.17. The van der Waals surface area contributed by atoms with E-state index < -0.39 is 0 Å². The summed E-state index contributed by atoms with van der Waals surface area (Å²) in [5, 5.41) is 5.06. The number of fused-ring (bicyclic) bond motifs is 1. The summed E-state index contributed by atoms with van der Waals surface area (Å²) >= 11 is 0. The first-order valence-corrected chi connectivity index (χ1v) is 6.41. The monoisotopic (exact) mass is 268 g/mol. The zero-order chi connectivity index (χ0) is 14.1. The topological polar surface area (TPSA) is 68.2 Å². The number of rotatable bonds is 3. The van der Waals surface area contributed by atoms with Crippen LogP contribution >= 0.6 is 0 Å². The number of aryl methyl sites for hydroxylation is 1. The second-order valence-electron chi connectivity index (χ2n) is 4.86. The van der Waals surface area contributed by atoms with E-state index in [1.165, 1.54) is 0 Å². The third kappa shape index (κ3) is 2.18. The summed E-state index contributed by atoms with van der Waals surface area (Å²) < 4.78 is 5.10. The van der Waals surface area contributed by atoms with Crippen molar-refractivity contribution in [2.24, 2.45) is 0 Å². The summed E-state index contributed by atoms with van der Waals surface area (Å²) in [6.07, 6.45) is 1.75. The van der Waals surface area contributed by atoms with Gasteiger partial charge in [0.05, 0.1) is 17.7 Å². The Balaban J connectivity index is 1.99. The SMILES string of the molecule is Cc1cc(CN(C)c2ccc(N)c3ncccc23)no1. The van der Waals surface area contributed by atoms with E-state index in [2.05, 4.69) is 15.0 Å². The molecule has 2 heterocycles. The third-order valence-corrected chi connectivity index (χ3v) is 3.27. The Hall–Kier alpha value is -2.56. The van der Waals surface area contributed by atoms with Crippen LogP contribution in [-0.4, -0.2) is 17.2 Å². The number of nitrogens with zero attached hydrogens (tertiary/aromatic N) is 3. The average Bonchev–Trinajstić information content (AvgIpc) is 2.84. The van der Waals surface area contributed by atoms with Crippen LogP contribution in [0.4, 0.5) is 11.4 Å². The first-order chi connectivity index (χ1) is 9.65. The van der Waals surface area contributed by atoms with Crippen LogP contribution < -0.4 is 10.6 Å². The van der Waals surface area contributed by atoms with Crippen molar-refractivity contribution < 1.29 is 4.52 Å². The Morgan fingerprint density at radius 2 is 2.15 bits per heavy atom. The highest BCUT2D eigenvalue weighted by molar-refractivity contribution is 5.98. The van der Waals surface area contributed by atoms with Crippen LogP contribution in [0.5, 0.6) is 0 Å². The van der Waals surface area contributed by atoms with Crippen molar-refractivity contribution in [1.82, 2.24) is 10.1 Å². The Morgan fingerprint density at radius 3 is 2.90 bits per heavy atom. The third-order valence-electron chi connectivity index (χ3n) is 3.27. The molecule has 0 amide bonds. The van der Waals surface area contributed by atoms with Gasteiger partial charge in [0.2, 0.25) is 0 Å². The fourth-order valence-corrected chi connectivity index (χ4v) is 2.33. The quantitative estimate of drug-likeness (QED) is 0.740. The predicted octanol–water partition coefficient (Wildman–Crippen LogP) is 2.75. The Morgan fingerprint density at radius 1 is 1.30 bits per heavy atom. The lowest BCUT2D eigenvalue weighted by Gasteiger charge is -2.20. The zero-order valence-electron chi connectivity index (χ0n) is 11.5. The highest BCUT2D eigenvalue weighted by Crippen LogP contribution is 2.29. The molecule has 5 heteroatoms. The fraction of sp³-hybridized carbons (Fsp3) is 0.200. The van der Waals surface area contributed by atoms with Gasteiger partial charge in [-0.05, 0) is 31.2 Å². The number of nitrogens with two attached hydrogens (primary N) is 1. The van der Waals surface area contributed by atoms with Crippen LogP contribution in [0, 0.1) is 6.92 Å². The molecular weight excluding hydrogens is 252 g/mol. The molecule has 1 aromatic carbocycles. The van der Waals surface area contributed by atoms with Crippen LogP contribution in [0.1, 0.15) is 11.5 Å². The molecule has 0 fully saturated rings. The molecule has 20 heavy (non-hydrogen) atoms. The second-order valence-corrected chi connectivity index (χ2v) is 4.86. The Kier molecular flexibility index (Phi) is 3.02. The number of anilines is 2. The van der Waals surface area contributed by atoms with Gasteiger partial charge in [-0.3, -0.25) is 4.98 Å². The minimum Gasteiger partial charge on any atom is -0.397 e. The molecular formula is C15H16N4O. The van der Waals surface area contributed by atoms with Gasteiger partial charge >= 0.3 is 0 Å². The summed E-state index contributed by atoms with van der Waals surface area (Å²) in [7, 11) is 2.02. The normalized spacial score (nSPS) is 10.9. The van der Waals surface area contributed by atoms with Crippen LogP contribution in [0.25, 0.3) is 10.9 Å². The molecule has 0 radical (unpaired) electrons. The molecule has 0 aliphatic heterocycles. The van der Waals surface area contributed by atoms with E-state index in [-0.39, 0.29) is 0 Å². The van der Waals surface area contributed by atoms with Gasteiger partial charge in [-0.1, -0.05) is 5.16 Å². The molecule has 2 N–H and O–H groups in total. The molecule has 102 valence electrons. The standard InChI is InChI=1S/C15H16N4O/c1-10-8-11(18-20-10)9-19(2)14-6-5-13(16)15-12(14)4-3-7-17-15/h3-8H,9,16H2,1-2H3. The van der Waals surface area contributed by atoms with Gasteiger partial charge in [-0.15, -0.1) is 0 Å². The van der Waals surface area contributed by atoms with Gasteiger partial charge in [-0.25, -0.2) is 0 Å².